The van der Waals surface area contributed by atoms with Crippen LogP contribution in [-0.4, -0.2) is 80.6 Å². The monoisotopic (exact) mass is 455 g/mol. The second kappa shape index (κ2) is 12.4. The van der Waals surface area contributed by atoms with Crippen molar-refractivity contribution >= 4 is 29.6 Å². The van der Waals surface area contributed by atoms with Crippen LogP contribution < -0.4 is 27.4 Å². The number of carboxylic acids is 1. The Morgan fingerprint density at radius 3 is 2.16 bits per heavy atom. The number of amides is 4. The third kappa shape index (κ3) is 8.31. The molecule has 10 N–H and O–H groups in total. The molecule has 178 valence electrons. The SMILES string of the molecule is CC(C)C(NC(=O)C(N)Cc1cnc[nH]1)C(=O)NC(CC(N)=O)C(=O)NC(CO)C(=O)O. The lowest BCUT2D eigenvalue weighted by molar-refractivity contribution is -0.143. The molecule has 0 aliphatic rings. The number of nitrogens with one attached hydrogen (secondary N) is 4. The zero-order valence-electron chi connectivity index (χ0n) is 17.7. The molecule has 0 fully saturated rings. The maximum atomic E-state index is 12.8. The standard InChI is InChI=1S/C18H29N7O7/c1-8(2)14(25-15(28)10(19)3-9-5-21-7-22-9)17(30)23-11(4-13(20)27)16(29)24-12(6-26)18(31)32/h5,7-8,10-12,14,26H,3-4,6,19H2,1-2H3,(H2,20,27)(H,21,22)(H,23,30)(H,24,29)(H,25,28)(H,31,32). The molecule has 0 saturated carbocycles. The van der Waals surface area contributed by atoms with Gasteiger partial charge in [-0.2, -0.15) is 0 Å². The van der Waals surface area contributed by atoms with E-state index in [1.54, 1.807) is 13.8 Å². The maximum absolute atomic E-state index is 12.8. The van der Waals surface area contributed by atoms with Gasteiger partial charge in [-0.1, -0.05) is 13.8 Å². The lowest BCUT2D eigenvalue weighted by Crippen LogP contribution is -2.59. The molecule has 32 heavy (non-hydrogen) atoms. The van der Waals surface area contributed by atoms with E-state index in [2.05, 4.69) is 20.6 Å². The van der Waals surface area contributed by atoms with Crippen molar-refractivity contribution in [2.45, 2.75) is 50.9 Å². The van der Waals surface area contributed by atoms with Gasteiger partial charge in [-0.15, -0.1) is 0 Å². The van der Waals surface area contributed by atoms with E-state index in [0.717, 1.165) is 0 Å². The Hall–Kier alpha value is -3.52. The van der Waals surface area contributed by atoms with E-state index in [1.807, 2.05) is 5.32 Å². The molecule has 1 heterocycles. The van der Waals surface area contributed by atoms with Gasteiger partial charge >= 0.3 is 5.97 Å². The molecule has 14 nitrogen and oxygen atoms in total. The summed E-state index contributed by atoms with van der Waals surface area (Å²) in [6.45, 7) is 2.37. The van der Waals surface area contributed by atoms with Crippen molar-refractivity contribution in [1.29, 1.82) is 0 Å². The number of nitrogens with two attached hydrogens (primary N) is 2. The summed E-state index contributed by atoms with van der Waals surface area (Å²) in [4.78, 5) is 66.6. The van der Waals surface area contributed by atoms with E-state index in [0.29, 0.717) is 5.69 Å². The van der Waals surface area contributed by atoms with Gasteiger partial charge in [0.25, 0.3) is 0 Å². The summed E-state index contributed by atoms with van der Waals surface area (Å²) in [5.74, 6) is -5.35. The van der Waals surface area contributed by atoms with Crippen molar-refractivity contribution in [3.63, 3.8) is 0 Å². The van der Waals surface area contributed by atoms with Crippen LogP contribution in [0.4, 0.5) is 0 Å². The molecule has 1 aromatic heterocycles. The second-order valence-electron chi connectivity index (χ2n) is 7.43. The first-order chi connectivity index (χ1) is 15.0. The van der Waals surface area contributed by atoms with Crippen molar-refractivity contribution in [3.05, 3.63) is 18.2 Å². The van der Waals surface area contributed by atoms with Crippen molar-refractivity contribution in [1.82, 2.24) is 25.9 Å². The molecule has 0 aliphatic heterocycles. The molecule has 0 bridgehead atoms. The van der Waals surface area contributed by atoms with Crippen molar-refractivity contribution in [2.75, 3.05) is 6.61 Å². The lowest BCUT2D eigenvalue weighted by Gasteiger charge is -2.26. The van der Waals surface area contributed by atoms with E-state index in [-0.39, 0.29) is 6.42 Å². The fourth-order valence-corrected chi connectivity index (χ4v) is 2.65. The number of rotatable bonds is 13. The highest BCUT2D eigenvalue weighted by atomic mass is 16.4. The van der Waals surface area contributed by atoms with Gasteiger partial charge in [0, 0.05) is 18.3 Å². The molecule has 4 unspecified atom stereocenters. The zero-order chi connectivity index (χ0) is 24.4. The molecule has 4 atom stereocenters. The maximum Gasteiger partial charge on any atom is 0.328 e. The first-order valence-corrected chi connectivity index (χ1v) is 9.72. The van der Waals surface area contributed by atoms with E-state index in [4.69, 9.17) is 21.7 Å². The summed E-state index contributed by atoms with van der Waals surface area (Å²) in [6.07, 6.45) is 2.44. The minimum atomic E-state index is -1.64. The third-order valence-electron chi connectivity index (χ3n) is 4.41. The van der Waals surface area contributed by atoms with Crippen LogP contribution in [0.2, 0.25) is 0 Å². The van der Waals surface area contributed by atoms with E-state index >= 15 is 0 Å². The average Bonchev–Trinajstić information content (AvgIpc) is 3.21. The average molecular weight is 455 g/mol. The van der Waals surface area contributed by atoms with Crippen LogP contribution in [-0.2, 0) is 30.4 Å². The number of carbonyl (C=O) groups is 5. The zero-order valence-corrected chi connectivity index (χ0v) is 17.7. The molecule has 0 saturated heterocycles. The number of H-pyrrole nitrogens is 1. The quantitative estimate of drug-likeness (QED) is 0.146. The highest BCUT2D eigenvalue weighted by Crippen LogP contribution is 2.06. The van der Waals surface area contributed by atoms with Crippen molar-refractivity contribution < 1.29 is 34.2 Å². The summed E-state index contributed by atoms with van der Waals surface area (Å²) in [6, 6.07) is -5.28. The fourth-order valence-electron chi connectivity index (χ4n) is 2.65. The highest BCUT2D eigenvalue weighted by Gasteiger charge is 2.32. The Morgan fingerprint density at radius 1 is 1.06 bits per heavy atom. The third-order valence-corrected chi connectivity index (χ3v) is 4.41. The number of aliphatic hydroxyl groups excluding tert-OH is 1. The Morgan fingerprint density at radius 2 is 1.69 bits per heavy atom. The molecule has 0 radical (unpaired) electrons. The smallest absolute Gasteiger partial charge is 0.328 e. The van der Waals surface area contributed by atoms with Crippen molar-refractivity contribution in [3.8, 4) is 0 Å². The molecule has 0 aliphatic carbocycles. The molecule has 1 aromatic rings. The first kappa shape index (κ1) is 26.5. The van der Waals surface area contributed by atoms with E-state index < -0.39 is 72.7 Å². The molecular weight excluding hydrogens is 426 g/mol. The Bertz CT molecular complexity index is 813. The predicted octanol–water partition coefficient (Wildman–Crippen LogP) is -3.66. The topological polar surface area (TPSA) is 243 Å². The molecule has 14 heteroatoms. The number of primary amides is 1. The number of carbonyl (C=O) groups excluding carboxylic acids is 4. The van der Waals surface area contributed by atoms with Gasteiger partial charge in [0.1, 0.15) is 18.1 Å². The summed E-state index contributed by atoms with van der Waals surface area (Å²) >= 11 is 0. The van der Waals surface area contributed by atoms with Crippen LogP contribution in [0.15, 0.2) is 12.5 Å². The molecular formula is C18H29N7O7. The van der Waals surface area contributed by atoms with Gasteiger partial charge in [0.05, 0.1) is 25.4 Å². The Kier molecular flexibility index (Phi) is 10.2. The molecule has 0 aromatic carbocycles. The van der Waals surface area contributed by atoms with Crippen LogP contribution in [0.5, 0.6) is 0 Å². The fraction of sp³-hybridized carbons (Fsp3) is 0.556. The van der Waals surface area contributed by atoms with Gasteiger partial charge in [0.2, 0.25) is 23.6 Å². The van der Waals surface area contributed by atoms with E-state index in [1.165, 1.54) is 12.5 Å². The molecule has 0 spiro atoms. The minimum absolute atomic E-state index is 0.142. The first-order valence-electron chi connectivity index (χ1n) is 9.72. The van der Waals surface area contributed by atoms with Crippen molar-refractivity contribution in [2.24, 2.45) is 17.4 Å². The Balaban J connectivity index is 2.88. The van der Waals surface area contributed by atoms with Crippen LogP contribution in [0.25, 0.3) is 0 Å². The van der Waals surface area contributed by atoms with Gasteiger partial charge in [-0.3, -0.25) is 19.2 Å². The lowest BCUT2D eigenvalue weighted by atomic mass is 10.0. The van der Waals surface area contributed by atoms with Crippen LogP contribution in [0.1, 0.15) is 26.0 Å². The largest absolute Gasteiger partial charge is 0.480 e. The van der Waals surface area contributed by atoms with Gasteiger partial charge in [-0.25, -0.2) is 9.78 Å². The second-order valence-corrected chi connectivity index (χ2v) is 7.43. The number of carboxylic acid groups (broad SMARTS) is 1. The van der Waals surface area contributed by atoms with Crippen LogP contribution >= 0.6 is 0 Å². The number of aliphatic hydroxyl groups is 1. The minimum Gasteiger partial charge on any atom is -0.480 e. The van der Waals surface area contributed by atoms with Gasteiger partial charge < -0.3 is 42.6 Å². The Labute approximate surface area is 183 Å². The van der Waals surface area contributed by atoms with Crippen LogP contribution in [0, 0.1) is 5.92 Å². The van der Waals surface area contributed by atoms with Crippen LogP contribution in [0.3, 0.4) is 0 Å². The number of hydrogen-bond acceptors (Lipinski definition) is 8. The number of hydrogen-bond donors (Lipinski definition) is 8. The molecule has 4 amide bonds. The van der Waals surface area contributed by atoms with Gasteiger partial charge in [-0.05, 0) is 5.92 Å². The van der Waals surface area contributed by atoms with E-state index in [9.17, 15) is 24.0 Å². The highest BCUT2D eigenvalue weighted by molar-refractivity contribution is 5.96. The predicted molar refractivity (Wildman–Crippen MR) is 109 cm³/mol. The number of aromatic amines is 1. The number of aromatic nitrogens is 2. The summed E-state index contributed by atoms with van der Waals surface area (Å²) in [5, 5.41) is 24.8. The van der Waals surface area contributed by atoms with Gasteiger partial charge in [0.15, 0.2) is 0 Å². The number of imidazole rings is 1. The molecule has 1 rings (SSSR count). The number of aliphatic carboxylic acids is 1. The summed E-state index contributed by atoms with van der Waals surface area (Å²) in [5.41, 5.74) is 11.6. The normalized spacial score (nSPS) is 14.7. The number of nitrogens with zero attached hydrogens (tertiary/aromatic N) is 1. The summed E-state index contributed by atoms with van der Waals surface area (Å²) in [7, 11) is 0. The summed E-state index contributed by atoms with van der Waals surface area (Å²) < 4.78 is 0.